The molecule has 0 aromatic rings. The Morgan fingerprint density at radius 3 is 1.30 bits per heavy atom. The van der Waals surface area contributed by atoms with Gasteiger partial charge in [-0.05, 0) is 12.8 Å². The van der Waals surface area contributed by atoms with Crippen LogP contribution in [0.25, 0.3) is 0 Å². The second-order valence-corrected chi connectivity index (χ2v) is 9.36. The van der Waals surface area contributed by atoms with Crippen LogP contribution in [0.5, 0.6) is 0 Å². The summed E-state index contributed by atoms with van der Waals surface area (Å²) >= 11 is 2.63. The second-order valence-electron chi connectivity index (χ2n) is 6.76. The van der Waals surface area contributed by atoms with Crippen LogP contribution < -0.4 is 0 Å². The number of hydrogen-bond acceptors (Lipinski definition) is 0. The average molecular weight is 394 g/mol. The first-order chi connectivity index (χ1) is 9.62. The van der Waals surface area contributed by atoms with E-state index < -0.39 is 0 Å². The normalized spacial score (nSPS) is 14.4. The summed E-state index contributed by atoms with van der Waals surface area (Å²) in [4.78, 5) is 0. The molecule has 0 aliphatic heterocycles. The van der Waals surface area contributed by atoms with Crippen LogP contribution in [0, 0.1) is 0 Å². The lowest BCUT2D eigenvalue weighted by atomic mass is 9.99. The molecule has 0 fully saturated rings. The molecule has 1 heteroatoms. The predicted molar refractivity (Wildman–Crippen MR) is 103 cm³/mol. The molecule has 0 heterocycles. The van der Waals surface area contributed by atoms with Crippen LogP contribution in [-0.2, 0) is 0 Å². The van der Waals surface area contributed by atoms with E-state index >= 15 is 0 Å². The Morgan fingerprint density at radius 1 is 0.600 bits per heavy atom. The first-order valence-corrected chi connectivity index (χ1v) is 10.4. The molecule has 1 atom stereocenters. The molecule has 0 aliphatic rings. The van der Waals surface area contributed by atoms with E-state index in [0.717, 1.165) is 0 Å². The highest BCUT2D eigenvalue weighted by Gasteiger charge is 2.15. The fourth-order valence-electron chi connectivity index (χ4n) is 2.69. The zero-order chi connectivity index (χ0) is 15.1. The van der Waals surface area contributed by atoms with Crippen LogP contribution in [-0.4, -0.2) is 3.42 Å². The zero-order valence-corrected chi connectivity index (χ0v) is 16.6. The van der Waals surface area contributed by atoms with E-state index in [4.69, 9.17) is 0 Å². The monoisotopic (exact) mass is 394 g/mol. The molecule has 0 aliphatic carbocycles. The van der Waals surface area contributed by atoms with Crippen molar-refractivity contribution in [3.05, 3.63) is 0 Å². The maximum absolute atomic E-state index is 2.63. The second kappa shape index (κ2) is 14.7. The van der Waals surface area contributed by atoms with Gasteiger partial charge in [0.1, 0.15) is 0 Å². The third-order valence-corrected chi connectivity index (χ3v) is 5.84. The van der Waals surface area contributed by atoms with Crippen molar-refractivity contribution < 1.29 is 0 Å². The molecule has 0 aromatic carbocycles. The van der Waals surface area contributed by atoms with Gasteiger partial charge in [0.2, 0.25) is 0 Å². The molecule has 20 heavy (non-hydrogen) atoms. The summed E-state index contributed by atoms with van der Waals surface area (Å²) in [6, 6.07) is 0. The lowest BCUT2D eigenvalue weighted by Crippen LogP contribution is -2.12. The number of hydrogen-bond donors (Lipinski definition) is 0. The molecule has 0 aromatic heterocycles. The fourth-order valence-corrected chi connectivity index (χ4v) is 3.07. The molecular formula is C19H39I. The molecule has 0 radical (unpaired) electrons. The molecule has 0 saturated carbocycles. The Morgan fingerprint density at radius 2 is 0.950 bits per heavy atom. The SMILES string of the molecule is CCCCCCCCCCCCCCCC(C)(I)CC. The van der Waals surface area contributed by atoms with Gasteiger partial charge in [-0.1, -0.05) is 127 Å². The standard InChI is InChI=1S/C19H39I/c1-4-6-7-8-9-10-11-12-13-14-15-16-17-18-19(3,20)5-2/h4-18H2,1-3H3. The van der Waals surface area contributed by atoms with E-state index in [1.54, 1.807) is 0 Å². The maximum Gasteiger partial charge on any atom is 0.0191 e. The molecule has 0 N–H and O–H groups in total. The van der Waals surface area contributed by atoms with E-state index in [1.165, 1.54) is 96.3 Å². The molecule has 1 unspecified atom stereocenters. The lowest BCUT2D eigenvalue weighted by Gasteiger charge is -2.19. The molecule has 0 saturated heterocycles. The molecule has 0 rings (SSSR count). The van der Waals surface area contributed by atoms with Crippen LogP contribution in [0.4, 0.5) is 0 Å². The number of halogens is 1. The van der Waals surface area contributed by atoms with Crippen molar-refractivity contribution in [3.63, 3.8) is 0 Å². The van der Waals surface area contributed by atoms with Crippen LogP contribution in [0.1, 0.15) is 117 Å². The summed E-state index contributed by atoms with van der Waals surface area (Å²) in [6.07, 6.45) is 21.7. The Balaban J connectivity index is 3.06. The van der Waals surface area contributed by atoms with Gasteiger partial charge >= 0.3 is 0 Å². The summed E-state index contributed by atoms with van der Waals surface area (Å²) in [5, 5.41) is 0. The maximum atomic E-state index is 2.63. The van der Waals surface area contributed by atoms with Gasteiger partial charge in [-0.15, -0.1) is 0 Å². The quantitative estimate of drug-likeness (QED) is 0.150. The Hall–Kier alpha value is 0.730. The Labute approximate surface area is 143 Å². The Kier molecular flexibility index (Phi) is 15.2. The number of alkyl halides is 1. The fraction of sp³-hybridized carbons (Fsp3) is 1.00. The predicted octanol–water partition coefficient (Wildman–Crippen LogP) is 8.07. The highest BCUT2D eigenvalue weighted by Crippen LogP contribution is 2.28. The average Bonchev–Trinajstić information content (AvgIpc) is 2.44. The zero-order valence-electron chi connectivity index (χ0n) is 14.5. The molecule has 0 nitrogen and oxygen atoms in total. The van der Waals surface area contributed by atoms with Gasteiger partial charge in [-0.25, -0.2) is 0 Å². The van der Waals surface area contributed by atoms with Gasteiger partial charge in [0.15, 0.2) is 0 Å². The number of rotatable bonds is 15. The van der Waals surface area contributed by atoms with E-state index in [9.17, 15) is 0 Å². The molecule has 122 valence electrons. The summed E-state index contributed by atoms with van der Waals surface area (Å²) in [5.41, 5.74) is 0. The van der Waals surface area contributed by atoms with E-state index in [0.29, 0.717) is 3.42 Å². The first-order valence-electron chi connectivity index (χ1n) is 9.31. The van der Waals surface area contributed by atoms with Crippen molar-refractivity contribution in [1.82, 2.24) is 0 Å². The minimum Gasteiger partial charge on any atom is -0.0792 e. The van der Waals surface area contributed by atoms with E-state index in [-0.39, 0.29) is 0 Å². The smallest absolute Gasteiger partial charge is 0.0191 e. The minimum absolute atomic E-state index is 0.551. The van der Waals surface area contributed by atoms with Crippen molar-refractivity contribution in [2.75, 3.05) is 0 Å². The summed E-state index contributed by atoms with van der Waals surface area (Å²) in [5.74, 6) is 0. The summed E-state index contributed by atoms with van der Waals surface area (Å²) in [6.45, 7) is 7.01. The first kappa shape index (κ1) is 20.7. The van der Waals surface area contributed by atoms with Gasteiger partial charge in [0, 0.05) is 3.42 Å². The van der Waals surface area contributed by atoms with Crippen molar-refractivity contribution in [1.29, 1.82) is 0 Å². The van der Waals surface area contributed by atoms with Gasteiger partial charge in [-0.3, -0.25) is 0 Å². The van der Waals surface area contributed by atoms with Crippen LogP contribution in [0.2, 0.25) is 0 Å². The molecule has 0 bridgehead atoms. The summed E-state index contributed by atoms with van der Waals surface area (Å²) < 4.78 is 0.551. The van der Waals surface area contributed by atoms with Gasteiger partial charge in [0.25, 0.3) is 0 Å². The molecular weight excluding hydrogens is 355 g/mol. The van der Waals surface area contributed by atoms with E-state index in [2.05, 4.69) is 43.4 Å². The van der Waals surface area contributed by atoms with Crippen LogP contribution in [0.15, 0.2) is 0 Å². The van der Waals surface area contributed by atoms with Crippen molar-refractivity contribution in [2.24, 2.45) is 0 Å². The summed E-state index contributed by atoms with van der Waals surface area (Å²) in [7, 11) is 0. The topological polar surface area (TPSA) is 0 Å². The Bertz CT molecular complexity index is 186. The van der Waals surface area contributed by atoms with Crippen LogP contribution in [0.3, 0.4) is 0 Å². The highest BCUT2D eigenvalue weighted by molar-refractivity contribution is 14.1. The molecule has 0 amide bonds. The van der Waals surface area contributed by atoms with Crippen molar-refractivity contribution in [3.8, 4) is 0 Å². The number of unbranched alkanes of at least 4 members (excludes halogenated alkanes) is 12. The van der Waals surface area contributed by atoms with Gasteiger partial charge in [-0.2, -0.15) is 0 Å². The van der Waals surface area contributed by atoms with E-state index in [1.807, 2.05) is 0 Å². The van der Waals surface area contributed by atoms with Gasteiger partial charge in [0.05, 0.1) is 0 Å². The van der Waals surface area contributed by atoms with Crippen molar-refractivity contribution in [2.45, 2.75) is 121 Å². The van der Waals surface area contributed by atoms with Crippen LogP contribution >= 0.6 is 22.6 Å². The largest absolute Gasteiger partial charge is 0.0792 e. The third-order valence-electron chi connectivity index (χ3n) is 4.54. The minimum atomic E-state index is 0.551. The van der Waals surface area contributed by atoms with Crippen molar-refractivity contribution >= 4 is 22.6 Å². The lowest BCUT2D eigenvalue weighted by molar-refractivity contribution is 0.511. The highest BCUT2D eigenvalue weighted by atomic mass is 127. The molecule has 0 spiro atoms. The van der Waals surface area contributed by atoms with Gasteiger partial charge < -0.3 is 0 Å². The third kappa shape index (κ3) is 15.1.